The van der Waals surface area contributed by atoms with Crippen molar-refractivity contribution in [2.75, 3.05) is 20.6 Å². The van der Waals surface area contributed by atoms with Crippen LogP contribution in [0, 0.1) is 5.92 Å². The highest BCUT2D eigenvalue weighted by Crippen LogP contribution is 2.18. The minimum absolute atomic E-state index is 0.917. The first-order valence-corrected chi connectivity index (χ1v) is 7.49. The third-order valence-corrected chi connectivity index (χ3v) is 3.66. The van der Waals surface area contributed by atoms with Crippen molar-refractivity contribution in [2.45, 2.75) is 19.3 Å². The Kier molecular flexibility index (Phi) is 5.82. The smallest absolute Gasteiger partial charge is 0.000663 e. The number of allylic oxidation sites excluding steroid dienone is 2. The minimum atomic E-state index is 0.917. The monoisotopic (exact) mass is 267 g/mol. The van der Waals surface area contributed by atoms with Crippen molar-refractivity contribution >= 4 is 10.8 Å². The largest absolute Gasteiger partial charge is 0.309 e. The molecule has 3 rings (SSSR count). The van der Waals surface area contributed by atoms with Crippen molar-refractivity contribution in [3.63, 3.8) is 0 Å². The zero-order chi connectivity index (χ0) is 14.2. The van der Waals surface area contributed by atoms with E-state index in [1.807, 2.05) is 0 Å². The molecule has 2 aromatic carbocycles. The van der Waals surface area contributed by atoms with Crippen LogP contribution in [0.25, 0.3) is 10.8 Å². The standard InChI is InChI=1S/C10H8.C9H17N/c1-2-6-10-8-4-3-7-9(10)5-1;1-10(2)8-9-6-4-3-5-7-9/h1-8H;3-4,9H,5-8H2,1-2H3. The van der Waals surface area contributed by atoms with E-state index in [1.165, 1.54) is 36.6 Å². The highest BCUT2D eigenvalue weighted by molar-refractivity contribution is 5.81. The van der Waals surface area contributed by atoms with E-state index in [-0.39, 0.29) is 0 Å². The van der Waals surface area contributed by atoms with Crippen molar-refractivity contribution in [1.82, 2.24) is 4.90 Å². The maximum atomic E-state index is 2.32. The summed E-state index contributed by atoms with van der Waals surface area (Å²) >= 11 is 0. The zero-order valence-corrected chi connectivity index (χ0v) is 12.6. The molecule has 0 bridgehead atoms. The normalized spacial score (nSPS) is 17.9. The summed E-state index contributed by atoms with van der Waals surface area (Å²) in [6, 6.07) is 16.7. The number of hydrogen-bond acceptors (Lipinski definition) is 1. The third-order valence-electron chi connectivity index (χ3n) is 3.66. The van der Waals surface area contributed by atoms with Crippen molar-refractivity contribution in [3.8, 4) is 0 Å². The number of benzene rings is 2. The predicted molar refractivity (Wildman–Crippen MR) is 89.0 cm³/mol. The molecule has 0 saturated heterocycles. The van der Waals surface area contributed by atoms with Crippen LogP contribution in [0.2, 0.25) is 0 Å². The number of hydrogen-bond donors (Lipinski definition) is 0. The van der Waals surface area contributed by atoms with Crippen LogP contribution >= 0.6 is 0 Å². The van der Waals surface area contributed by atoms with Gasteiger partial charge in [-0.2, -0.15) is 0 Å². The van der Waals surface area contributed by atoms with Crippen LogP contribution in [0.5, 0.6) is 0 Å². The summed E-state index contributed by atoms with van der Waals surface area (Å²) in [6.45, 7) is 1.25. The summed E-state index contributed by atoms with van der Waals surface area (Å²) in [7, 11) is 4.30. The van der Waals surface area contributed by atoms with Crippen molar-refractivity contribution in [2.24, 2.45) is 5.92 Å². The van der Waals surface area contributed by atoms with Gasteiger partial charge in [0, 0.05) is 6.54 Å². The fraction of sp³-hybridized carbons (Fsp3) is 0.368. The Morgan fingerprint density at radius 3 is 1.85 bits per heavy atom. The molecule has 106 valence electrons. The molecule has 0 aromatic heterocycles. The van der Waals surface area contributed by atoms with Gasteiger partial charge in [0.1, 0.15) is 0 Å². The lowest BCUT2D eigenvalue weighted by atomic mass is 9.94. The Hall–Kier alpha value is -1.60. The summed E-state index contributed by atoms with van der Waals surface area (Å²) in [6.07, 6.45) is 8.58. The van der Waals surface area contributed by atoms with Gasteiger partial charge < -0.3 is 4.90 Å². The molecule has 0 aliphatic heterocycles. The lowest BCUT2D eigenvalue weighted by molar-refractivity contribution is 0.309. The molecule has 0 amide bonds. The molecule has 1 heteroatoms. The summed E-state index contributed by atoms with van der Waals surface area (Å²) in [5.41, 5.74) is 0. The second kappa shape index (κ2) is 7.86. The van der Waals surface area contributed by atoms with E-state index in [2.05, 4.69) is 79.7 Å². The van der Waals surface area contributed by atoms with Gasteiger partial charge in [0.05, 0.1) is 0 Å². The molecule has 2 aromatic rings. The van der Waals surface area contributed by atoms with Crippen molar-refractivity contribution in [1.29, 1.82) is 0 Å². The summed E-state index contributed by atoms with van der Waals surface area (Å²) in [5.74, 6) is 0.917. The number of rotatable bonds is 2. The topological polar surface area (TPSA) is 3.24 Å². The first-order chi connectivity index (χ1) is 9.75. The lowest BCUT2D eigenvalue weighted by Crippen LogP contribution is -2.22. The van der Waals surface area contributed by atoms with E-state index < -0.39 is 0 Å². The second-order valence-corrected chi connectivity index (χ2v) is 5.76. The van der Waals surface area contributed by atoms with Gasteiger partial charge in [-0.15, -0.1) is 0 Å². The predicted octanol–water partition coefficient (Wildman–Crippen LogP) is 4.74. The Balaban J connectivity index is 0.000000147. The van der Waals surface area contributed by atoms with Gasteiger partial charge in [-0.25, -0.2) is 0 Å². The van der Waals surface area contributed by atoms with E-state index in [4.69, 9.17) is 0 Å². The Morgan fingerprint density at radius 2 is 1.45 bits per heavy atom. The van der Waals surface area contributed by atoms with Crippen LogP contribution in [0.15, 0.2) is 60.7 Å². The van der Waals surface area contributed by atoms with Gasteiger partial charge >= 0.3 is 0 Å². The first kappa shape index (κ1) is 14.8. The summed E-state index contributed by atoms with van der Waals surface area (Å²) in [4.78, 5) is 2.28. The van der Waals surface area contributed by atoms with Crippen LogP contribution in [0.1, 0.15) is 19.3 Å². The fourth-order valence-electron chi connectivity index (χ4n) is 2.67. The van der Waals surface area contributed by atoms with E-state index >= 15 is 0 Å². The van der Waals surface area contributed by atoms with Gasteiger partial charge in [0.15, 0.2) is 0 Å². The zero-order valence-electron chi connectivity index (χ0n) is 12.6. The Morgan fingerprint density at radius 1 is 0.900 bits per heavy atom. The Bertz CT molecular complexity index is 477. The van der Waals surface area contributed by atoms with Gasteiger partial charge in [-0.1, -0.05) is 60.7 Å². The molecule has 1 unspecified atom stereocenters. The number of nitrogens with zero attached hydrogens (tertiary/aromatic N) is 1. The Labute approximate surface area is 122 Å². The minimum Gasteiger partial charge on any atom is -0.309 e. The van der Waals surface area contributed by atoms with Gasteiger partial charge in [-0.3, -0.25) is 0 Å². The molecule has 0 heterocycles. The molecule has 0 saturated carbocycles. The summed E-state index contributed by atoms with van der Waals surface area (Å²) < 4.78 is 0. The van der Waals surface area contributed by atoms with Crippen molar-refractivity contribution < 1.29 is 0 Å². The van der Waals surface area contributed by atoms with Crippen molar-refractivity contribution in [3.05, 3.63) is 60.7 Å². The van der Waals surface area contributed by atoms with Crippen LogP contribution in [0.4, 0.5) is 0 Å². The highest BCUT2D eigenvalue weighted by Gasteiger charge is 2.09. The molecule has 0 N–H and O–H groups in total. The quantitative estimate of drug-likeness (QED) is 0.710. The average Bonchev–Trinajstić information content (AvgIpc) is 2.48. The van der Waals surface area contributed by atoms with Gasteiger partial charge in [0.25, 0.3) is 0 Å². The van der Waals surface area contributed by atoms with E-state index in [9.17, 15) is 0 Å². The highest BCUT2D eigenvalue weighted by atomic mass is 15.1. The molecular weight excluding hydrogens is 242 g/mol. The molecule has 1 aliphatic rings. The van der Waals surface area contributed by atoms with Gasteiger partial charge in [-0.05, 0) is 50.0 Å². The average molecular weight is 267 g/mol. The van der Waals surface area contributed by atoms with Crippen LogP contribution in [-0.2, 0) is 0 Å². The fourth-order valence-corrected chi connectivity index (χ4v) is 2.67. The third kappa shape index (κ3) is 4.82. The van der Waals surface area contributed by atoms with Crippen LogP contribution in [0.3, 0.4) is 0 Å². The van der Waals surface area contributed by atoms with E-state index in [0.717, 1.165) is 5.92 Å². The van der Waals surface area contributed by atoms with Gasteiger partial charge in [0.2, 0.25) is 0 Å². The number of fused-ring (bicyclic) bond motifs is 1. The molecule has 1 aliphatic carbocycles. The van der Waals surface area contributed by atoms with E-state index in [1.54, 1.807) is 0 Å². The summed E-state index contributed by atoms with van der Waals surface area (Å²) in [5, 5.41) is 2.62. The lowest BCUT2D eigenvalue weighted by Gasteiger charge is -2.21. The molecule has 1 atom stereocenters. The molecule has 0 radical (unpaired) electrons. The maximum Gasteiger partial charge on any atom is 0.000663 e. The molecule has 0 fully saturated rings. The SMILES string of the molecule is CN(C)CC1CC=CCC1.c1ccc2ccccc2c1. The maximum absolute atomic E-state index is 2.32. The molecule has 0 spiro atoms. The van der Waals surface area contributed by atoms with Crippen LogP contribution in [-0.4, -0.2) is 25.5 Å². The van der Waals surface area contributed by atoms with E-state index in [0.29, 0.717) is 0 Å². The molecular formula is C19H25N. The second-order valence-electron chi connectivity index (χ2n) is 5.76. The molecule has 20 heavy (non-hydrogen) atoms. The first-order valence-electron chi connectivity index (χ1n) is 7.49. The van der Waals surface area contributed by atoms with Crippen LogP contribution < -0.4 is 0 Å². The molecule has 1 nitrogen and oxygen atoms in total.